The second kappa shape index (κ2) is 7.58. The molecule has 1 aromatic carbocycles. The molecule has 2 aliphatic heterocycles. The maximum absolute atomic E-state index is 13.0. The normalized spacial score (nSPS) is 20.4. The van der Waals surface area contributed by atoms with Gasteiger partial charge in [-0.15, -0.1) is 0 Å². The predicted molar refractivity (Wildman–Crippen MR) is 93.8 cm³/mol. The van der Waals surface area contributed by atoms with E-state index in [4.69, 9.17) is 21.1 Å². The third-order valence-electron chi connectivity index (χ3n) is 4.88. The smallest absolute Gasteiger partial charge is 0.251 e. The highest BCUT2D eigenvalue weighted by Crippen LogP contribution is 2.34. The van der Waals surface area contributed by atoms with E-state index in [-0.39, 0.29) is 5.91 Å². The van der Waals surface area contributed by atoms with Crippen LogP contribution in [0.25, 0.3) is 0 Å². The van der Waals surface area contributed by atoms with Crippen LogP contribution < -0.4 is 5.32 Å². The van der Waals surface area contributed by atoms with Crippen LogP contribution in [0.3, 0.4) is 0 Å². The number of allylic oxidation sites excluding steroid dienone is 1. The molecule has 0 atom stereocenters. The Balaban J connectivity index is 1.88. The zero-order valence-electron chi connectivity index (χ0n) is 14.1. The molecular weight excluding hydrogens is 326 g/mol. The van der Waals surface area contributed by atoms with Crippen LogP contribution in [0.15, 0.2) is 35.6 Å². The molecule has 1 fully saturated rings. The Kier molecular flexibility index (Phi) is 5.47. The van der Waals surface area contributed by atoms with E-state index in [1.807, 2.05) is 31.2 Å². The summed E-state index contributed by atoms with van der Waals surface area (Å²) in [5.41, 5.74) is 1.48. The summed E-state index contributed by atoms with van der Waals surface area (Å²) in [6.45, 7) is 4.01. The number of hydrogen-bond donors (Lipinski definition) is 1. The van der Waals surface area contributed by atoms with E-state index in [1.165, 1.54) is 0 Å². The number of nitrogens with one attached hydrogen (secondary N) is 1. The number of carbonyl (C=O) groups excluding carboxylic acids is 1. The molecule has 0 bridgehead atoms. The molecule has 4 nitrogen and oxygen atoms in total. The highest BCUT2D eigenvalue weighted by atomic mass is 35.5. The monoisotopic (exact) mass is 349 g/mol. The van der Waals surface area contributed by atoms with Gasteiger partial charge in [-0.25, -0.2) is 0 Å². The molecule has 0 aromatic heterocycles. The third kappa shape index (κ3) is 3.60. The average Bonchev–Trinajstić information content (AvgIpc) is 2.63. The highest BCUT2D eigenvalue weighted by Gasteiger charge is 2.37. The van der Waals surface area contributed by atoms with Crippen molar-refractivity contribution in [2.75, 3.05) is 19.8 Å². The van der Waals surface area contributed by atoms with Gasteiger partial charge in [0.15, 0.2) is 0 Å². The Morgan fingerprint density at radius 2 is 1.92 bits per heavy atom. The second-order valence-electron chi connectivity index (χ2n) is 6.36. The van der Waals surface area contributed by atoms with Gasteiger partial charge in [0.05, 0.1) is 17.7 Å². The summed E-state index contributed by atoms with van der Waals surface area (Å²) in [6, 6.07) is 7.75. The molecule has 1 N–H and O–H groups in total. The van der Waals surface area contributed by atoms with E-state index in [0.717, 1.165) is 49.0 Å². The fourth-order valence-electron chi connectivity index (χ4n) is 3.49. The fourth-order valence-corrected chi connectivity index (χ4v) is 3.62. The Bertz CT molecular complexity index is 618. The van der Waals surface area contributed by atoms with Crippen LogP contribution in [0.1, 0.15) is 44.6 Å². The van der Waals surface area contributed by atoms with Crippen molar-refractivity contribution in [2.24, 2.45) is 0 Å². The molecule has 0 aliphatic carbocycles. The number of hydrogen-bond acceptors (Lipinski definition) is 3. The Labute approximate surface area is 148 Å². The van der Waals surface area contributed by atoms with Gasteiger partial charge in [0.25, 0.3) is 5.91 Å². The van der Waals surface area contributed by atoms with Crippen molar-refractivity contribution in [1.82, 2.24) is 5.32 Å². The van der Waals surface area contributed by atoms with Crippen molar-refractivity contribution in [3.63, 3.8) is 0 Å². The lowest BCUT2D eigenvalue weighted by atomic mass is 9.82. The second-order valence-corrected chi connectivity index (χ2v) is 6.80. The topological polar surface area (TPSA) is 47.6 Å². The van der Waals surface area contributed by atoms with E-state index in [2.05, 4.69) is 5.32 Å². The molecule has 2 aliphatic rings. The summed E-state index contributed by atoms with van der Waals surface area (Å²) in [4.78, 5) is 13.0. The number of ether oxygens (including phenoxy) is 2. The molecule has 5 heteroatoms. The van der Waals surface area contributed by atoms with E-state index < -0.39 is 5.54 Å². The summed E-state index contributed by atoms with van der Waals surface area (Å²) < 4.78 is 11.2. The fraction of sp³-hybridized carbons (Fsp3) is 0.526. The summed E-state index contributed by atoms with van der Waals surface area (Å²) in [7, 11) is 0. The highest BCUT2D eigenvalue weighted by molar-refractivity contribution is 6.30. The van der Waals surface area contributed by atoms with Crippen molar-refractivity contribution in [2.45, 2.75) is 44.6 Å². The maximum Gasteiger partial charge on any atom is 0.251 e. The lowest BCUT2D eigenvalue weighted by molar-refractivity contribution is -0.121. The molecule has 0 unspecified atom stereocenters. The average molecular weight is 350 g/mol. The number of amides is 1. The third-order valence-corrected chi connectivity index (χ3v) is 5.13. The van der Waals surface area contributed by atoms with Crippen LogP contribution in [0.5, 0.6) is 0 Å². The predicted octanol–water partition coefficient (Wildman–Crippen LogP) is 3.94. The number of benzene rings is 1. The minimum Gasteiger partial charge on any atom is -0.497 e. The van der Waals surface area contributed by atoms with Gasteiger partial charge >= 0.3 is 0 Å². The summed E-state index contributed by atoms with van der Waals surface area (Å²) in [6.07, 6.45) is 3.94. The zero-order valence-corrected chi connectivity index (χ0v) is 14.8. The van der Waals surface area contributed by atoms with Crippen molar-refractivity contribution in [3.05, 3.63) is 46.2 Å². The first kappa shape index (κ1) is 17.3. The summed E-state index contributed by atoms with van der Waals surface area (Å²) in [5, 5.41) is 4.00. The lowest BCUT2D eigenvalue weighted by Crippen LogP contribution is -2.50. The Morgan fingerprint density at radius 1 is 1.21 bits per heavy atom. The van der Waals surface area contributed by atoms with E-state index in [1.54, 1.807) is 0 Å². The molecule has 0 spiro atoms. The van der Waals surface area contributed by atoms with Gasteiger partial charge in [0.1, 0.15) is 5.76 Å². The van der Waals surface area contributed by atoms with E-state index in [0.29, 0.717) is 24.8 Å². The standard InChI is InChI=1S/C19H24ClNO3/c1-2-17-16(4-3-11-24-17)18(22)21-19(9-12-23-13-10-19)14-5-7-15(20)8-6-14/h5-8H,2-4,9-13H2,1H3,(H,21,22). The van der Waals surface area contributed by atoms with Gasteiger partial charge in [0, 0.05) is 24.7 Å². The molecule has 24 heavy (non-hydrogen) atoms. The number of rotatable bonds is 4. The van der Waals surface area contributed by atoms with Crippen molar-refractivity contribution >= 4 is 17.5 Å². The van der Waals surface area contributed by atoms with Gasteiger partial charge in [-0.3, -0.25) is 4.79 Å². The molecule has 3 rings (SSSR count). The SMILES string of the molecule is CCC1=C(C(=O)NC2(c3ccc(Cl)cc3)CCOCC2)CCCO1. The molecule has 0 radical (unpaired) electrons. The van der Waals surface area contributed by atoms with Crippen molar-refractivity contribution in [1.29, 1.82) is 0 Å². The van der Waals surface area contributed by atoms with Crippen LogP contribution in [-0.4, -0.2) is 25.7 Å². The van der Waals surface area contributed by atoms with Gasteiger partial charge in [0.2, 0.25) is 0 Å². The number of carbonyl (C=O) groups is 1. The zero-order chi connectivity index (χ0) is 17.0. The first-order valence-electron chi connectivity index (χ1n) is 8.66. The van der Waals surface area contributed by atoms with Crippen LogP contribution in [0.2, 0.25) is 5.02 Å². The molecule has 1 saturated heterocycles. The molecule has 1 aromatic rings. The van der Waals surface area contributed by atoms with Crippen molar-refractivity contribution < 1.29 is 14.3 Å². The first-order chi connectivity index (χ1) is 11.6. The molecule has 130 valence electrons. The first-order valence-corrected chi connectivity index (χ1v) is 9.03. The number of halogens is 1. The lowest BCUT2D eigenvalue weighted by Gasteiger charge is -2.39. The van der Waals surface area contributed by atoms with Crippen LogP contribution in [-0.2, 0) is 19.8 Å². The van der Waals surface area contributed by atoms with Crippen LogP contribution >= 0.6 is 11.6 Å². The maximum atomic E-state index is 13.0. The van der Waals surface area contributed by atoms with Gasteiger partial charge < -0.3 is 14.8 Å². The Hall–Kier alpha value is -1.52. The van der Waals surface area contributed by atoms with Gasteiger partial charge in [-0.2, -0.15) is 0 Å². The van der Waals surface area contributed by atoms with Gasteiger partial charge in [-0.1, -0.05) is 30.7 Å². The van der Waals surface area contributed by atoms with E-state index >= 15 is 0 Å². The molecule has 1 amide bonds. The molecular formula is C19H24ClNO3. The quantitative estimate of drug-likeness (QED) is 0.895. The van der Waals surface area contributed by atoms with Crippen LogP contribution in [0.4, 0.5) is 0 Å². The minimum absolute atomic E-state index is 0.0107. The van der Waals surface area contributed by atoms with E-state index in [9.17, 15) is 4.79 Å². The van der Waals surface area contributed by atoms with Crippen LogP contribution in [0, 0.1) is 0 Å². The summed E-state index contributed by atoms with van der Waals surface area (Å²) >= 11 is 6.03. The largest absolute Gasteiger partial charge is 0.497 e. The minimum atomic E-state index is -0.400. The van der Waals surface area contributed by atoms with Crippen molar-refractivity contribution in [3.8, 4) is 0 Å². The summed E-state index contributed by atoms with van der Waals surface area (Å²) in [5.74, 6) is 0.820. The molecule has 0 saturated carbocycles. The Morgan fingerprint density at radius 3 is 2.58 bits per heavy atom. The van der Waals surface area contributed by atoms with Gasteiger partial charge in [-0.05, 0) is 43.4 Å². The molecule has 2 heterocycles.